The predicted molar refractivity (Wildman–Crippen MR) is 99.6 cm³/mol. The molecule has 2 aliphatic heterocycles. The van der Waals surface area contributed by atoms with Crippen molar-refractivity contribution in [2.24, 2.45) is 5.41 Å². The zero-order valence-electron chi connectivity index (χ0n) is 16.4. The molecule has 136 valence electrons. The topological polar surface area (TPSA) is 27.7 Å². The molecule has 2 bridgehead atoms. The third kappa shape index (κ3) is 2.28. The Balaban J connectivity index is 1.92. The highest BCUT2D eigenvalue weighted by atomic mass is 16.5. The third-order valence-corrected chi connectivity index (χ3v) is 6.47. The minimum atomic E-state index is -0.142. The van der Waals surface area contributed by atoms with Gasteiger partial charge in [0.2, 0.25) is 0 Å². The monoisotopic (exact) mass is 342 g/mol. The zero-order chi connectivity index (χ0) is 18.0. The van der Waals surface area contributed by atoms with Gasteiger partial charge in [0.15, 0.2) is 11.5 Å². The average Bonchev–Trinajstić information content (AvgIpc) is 2.88. The first kappa shape index (κ1) is 17.0. The molecule has 25 heavy (non-hydrogen) atoms. The first-order valence-corrected chi connectivity index (χ1v) is 9.51. The number of hydrogen-bond acceptors (Lipinski definition) is 3. The summed E-state index contributed by atoms with van der Waals surface area (Å²) in [5.74, 6) is 2.18. The number of ether oxygens (including phenoxy) is 3. The van der Waals surface area contributed by atoms with Crippen molar-refractivity contribution < 1.29 is 14.2 Å². The molecular weight excluding hydrogens is 312 g/mol. The van der Waals surface area contributed by atoms with Crippen LogP contribution in [0, 0.1) is 5.41 Å². The SMILES string of the molecule is COc1c(C(C)C)cc2c(c1OC)C[C@]13CCCC(C)(C)C1=C[C@H]2O3. The molecule has 0 aromatic heterocycles. The standard InChI is InChI=1S/C22H30O3/c1-13(2)14-10-15-16(20(24-6)19(14)23-5)12-22-9-7-8-21(3,4)18(22)11-17(15)25-22/h10-11,13,17H,7-9,12H2,1-6H3/t17-,22-/m1/s1. The van der Waals surface area contributed by atoms with Gasteiger partial charge in [0.25, 0.3) is 0 Å². The molecule has 1 aliphatic carbocycles. The summed E-state index contributed by atoms with van der Waals surface area (Å²) in [6.45, 7) is 9.13. The molecule has 3 nitrogen and oxygen atoms in total. The highest BCUT2D eigenvalue weighted by Gasteiger charge is 2.54. The Labute approximate surface area is 151 Å². The van der Waals surface area contributed by atoms with Crippen LogP contribution in [0.5, 0.6) is 11.5 Å². The van der Waals surface area contributed by atoms with Crippen LogP contribution in [0.25, 0.3) is 0 Å². The molecular formula is C22H30O3. The molecule has 1 spiro atoms. The molecule has 2 atom stereocenters. The van der Waals surface area contributed by atoms with E-state index in [4.69, 9.17) is 14.2 Å². The number of hydrogen-bond donors (Lipinski definition) is 0. The van der Waals surface area contributed by atoms with E-state index in [0.717, 1.165) is 24.3 Å². The van der Waals surface area contributed by atoms with Crippen molar-refractivity contribution in [1.29, 1.82) is 0 Å². The Bertz CT molecular complexity index is 744. The van der Waals surface area contributed by atoms with Crippen molar-refractivity contribution in [3.05, 3.63) is 34.4 Å². The summed E-state index contributed by atoms with van der Waals surface area (Å²) in [7, 11) is 3.51. The Morgan fingerprint density at radius 2 is 1.84 bits per heavy atom. The minimum absolute atomic E-state index is 0.0495. The summed E-state index contributed by atoms with van der Waals surface area (Å²) >= 11 is 0. The van der Waals surface area contributed by atoms with Crippen LogP contribution in [0.15, 0.2) is 17.7 Å². The van der Waals surface area contributed by atoms with E-state index in [1.807, 2.05) is 0 Å². The van der Waals surface area contributed by atoms with E-state index in [-0.39, 0.29) is 17.1 Å². The van der Waals surface area contributed by atoms with Gasteiger partial charge in [-0.05, 0) is 53.9 Å². The molecule has 0 radical (unpaired) electrons. The van der Waals surface area contributed by atoms with Crippen LogP contribution in [0.1, 0.15) is 75.7 Å². The second-order valence-electron chi connectivity index (χ2n) is 8.78. The van der Waals surface area contributed by atoms with Crippen molar-refractivity contribution in [2.45, 2.75) is 71.0 Å². The van der Waals surface area contributed by atoms with Gasteiger partial charge in [0.1, 0.15) is 6.10 Å². The van der Waals surface area contributed by atoms with Crippen LogP contribution in [0.4, 0.5) is 0 Å². The molecule has 0 amide bonds. The van der Waals surface area contributed by atoms with Gasteiger partial charge < -0.3 is 14.2 Å². The maximum Gasteiger partial charge on any atom is 0.164 e. The fourth-order valence-corrected chi connectivity index (χ4v) is 5.31. The summed E-state index contributed by atoms with van der Waals surface area (Å²) in [5, 5.41) is 0. The van der Waals surface area contributed by atoms with Gasteiger partial charge in [-0.3, -0.25) is 0 Å². The predicted octanol–water partition coefficient (Wildman–Crippen LogP) is 5.33. The average molecular weight is 342 g/mol. The van der Waals surface area contributed by atoms with Gasteiger partial charge in [0.05, 0.1) is 19.8 Å². The van der Waals surface area contributed by atoms with Gasteiger partial charge in [0, 0.05) is 17.5 Å². The highest BCUT2D eigenvalue weighted by Crippen LogP contribution is 2.60. The van der Waals surface area contributed by atoms with Crippen molar-refractivity contribution in [3.63, 3.8) is 0 Å². The molecule has 3 heteroatoms. The van der Waals surface area contributed by atoms with E-state index >= 15 is 0 Å². The van der Waals surface area contributed by atoms with Gasteiger partial charge >= 0.3 is 0 Å². The Kier molecular flexibility index (Phi) is 3.74. The van der Waals surface area contributed by atoms with E-state index in [1.54, 1.807) is 14.2 Å². The van der Waals surface area contributed by atoms with Crippen LogP contribution in [0.2, 0.25) is 0 Å². The lowest BCUT2D eigenvalue weighted by molar-refractivity contribution is -0.0677. The summed E-state index contributed by atoms with van der Waals surface area (Å²) in [5.41, 5.74) is 5.32. The largest absolute Gasteiger partial charge is 0.493 e. The van der Waals surface area contributed by atoms with Crippen molar-refractivity contribution >= 4 is 0 Å². The maximum atomic E-state index is 6.67. The van der Waals surface area contributed by atoms with Crippen LogP contribution in [-0.2, 0) is 11.2 Å². The third-order valence-electron chi connectivity index (χ3n) is 6.47. The second-order valence-corrected chi connectivity index (χ2v) is 8.78. The quantitative estimate of drug-likeness (QED) is 0.695. The minimum Gasteiger partial charge on any atom is -0.493 e. The van der Waals surface area contributed by atoms with Crippen LogP contribution in [0.3, 0.4) is 0 Å². The highest BCUT2D eigenvalue weighted by molar-refractivity contribution is 5.61. The first-order valence-electron chi connectivity index (χ1n) is 9.51. The number of benzene rings is 1. The lowest BCUT2D eigenvalue weighted by atomic mass is 9.64. The molecule has 0 saturated heterocycles. The van der Waals surface area contributed by atoms with Crippen molar-refractivity contribution in [1.82, 2.24) is 0 Å². The summed E-state index contributed by atoms with van der Waals surface area (Å²) in [6, 6.07) is 2.29. The first-order chi connectivity index (χ1) is 11.8. The number of rotatable bonds is 3. The fourth-order valence-electron chi connectivity index (χ4n) is 5.31. The Morgan fingerprint density at radius 1 is 1.12 bits per heavy atom. The van der Waals surface area contributed by atoms with Gasteiger partial charge in [-0.2, -0.15) is 0 Å². The maximum absolute atomic E-state index is 6.67. The number of fused-ring (bicyclic) bond motifs is 3. The van der Waals surface area contributed by atoms with E-state index in [1.165, 1.54) is 35.1 Å². The smallest absolute Gasteiger partial charge is 0.164 e. The summed E-state index contributed by atoms with van der Waals surface area (Å²) < 4.78 is 18.3. The lowest BCUT2D eigenvalue weighted by Crippen LogP contribution is -2.45. The Morgan fingerprint density at radius 3 is 2.48 bits per heavy atom. The molecule has 1 aromatic carbocycles. The second kappa shape index (κ2) is 5.51. The van der Waals surface area contributed by atoms with Crippen LogP contribution >= 0.6 is 0 Å². The van der Waals surface area contributed by atoms with Crippen LogP contribution in [-0.4, -0.2) is 19.8 Å². The molecule has 1 fully saturated rings. The molecule has 1 aromatic rings. The normalized spacial score (nSPS) is 29.1. The van der Waals surface area contributed by atoms with Gasteiger partial charge in [-0.15, -0.1) is 0 Å². The molecule has 1 saturated carbocycles. The number of methoxy groups -OCH3 is 2. The lowest BCUT2D eigenvalue weighted by Gasteiger charge is -2.46. The molecule has 0 N–H and O–H groups in total. The van der Waals surface area contributed by atoms with E-state index in [9.17, 15) is 0 Å². The van der Waals surface area contributed by atoms with E-state index in [2.05, 4.69) is 39.8 Å². The van der Waals surface area contributed by atoms with Gasteiger partial charge in [-0.25, -0.2) is 0 Å². The summed E-state index contributed by atoms with van der Waals surface area (Å²) in [6.07, 6.45) is 6.91. The van der Waals surface area contributed by atoms with Gasteiger partial charge in [-0.1, -0.05) is 27.7 Å². The molecule has 4 rings (SSSR count). The molecule has 0 unspecified atom stereocenters. The molecule has 2 heterocycles. The molecule has 3 aliphatic rings. The van der Waals surface area contributed by atoms with E-state index < -0.39 is 0 Å². The van der Waals surface area contributed by atoms with Crippen LogP contribution < -0.4 is 9.47 Å². The fraction of sp³-hybridized carbons (Fsp3) is 0.636. The summed E-state index contributed by atoms with van der Waals surface area (Å²) in [4.78, 5) is 0. The van der Waals surface area contributed by atoms with Crippen molar-refractivity contribution in [2.75, 3.05) is 14.2 Å². The van der Waals surface area contributed by atoms with E-state index in [0.29, 0.717) is 5.92 Å². The Hall–Kier alpha value is -1.48. The van der Waals surface area contributed by atoms with Crippen molar-refractivity contribution in [3.8, 4) is 11.5 Å². The zero-order valence-corrected chi connectivity index (χ0v) is 16.4.